The van der Waals surface area contributed by atoms with Gasteiger partial charge in [0.2, 0.25) is 0 Å². The zero-order valence-electron chi connectivity index (χ0n) is 25.4. The van der Waals surface area contributed by atoms with E-state index in [1.807, 2.05) is 24.3 Å². The Labute approximate surface area is 270 Å². The summed E-state index contributed by atoms with van der Waals surface area (Å²) >= 11 is 0. The van der Waals surface area contributed by atoms with E-state index in [0.717, 1.165) is 66.3 Å². The van der Waals surface area contributed by atoms with Crippen molar-refractivity contribution in [2.24, 2.45) is 0 Å². The summed E-state index contributed by atoms with van der Waals surface area (Å²) in [6.07, 6.45) is 0. The van der Waals surface area contributed by atoms with Crippen molar-refractivity contribution >= 4 is 82.5 Å². The van der Waals surface area contributed by atoms with Crippen molar-refractivity contribution in [1.82, 2.24) is 0 Å². The Hall–Kier alpha value is -6.32. The van der Waals surface area contributed by atoms with E-state index in [4.69, 9.17) is 8.83 Å². The van der Waals surface area contributed by atoms with Gasteiger partial charge in [-0.3, -0.25) is 0 Å². The van der Waals surface area contributed by atoms with Gasteiger partial charge >= 0.3 is 0 Å². The van der Waals surface area contributed by atoms with Crippen LogP contribution < -0.4 is 4.90 Å². The molecule has 0 aliphatic heterocycles. The minimum absolute atomic E-state index is 0.866. The Morgan fingerprint density at radius 3 is 1.79 bits per heavy atom. The molecule has 10 rings (SSSR count). The van der Waals surface area contributed by atoms with E-state index in [1.165, 1.54) is 27.3 Å². The summed E-state index contributed by atoms with van der Waals surface area (Å²) in [6, 6.07) is 57.9. The smallest absolute Gasteiger partial charge is 0.159 e. The maximum absolute atomic E-state index is 6.59. The van der Waals surface area contributed by atoms with Crippen LogP contribution in [0.25, 0.3) is 76.5 Å². The van der Waals surface area contributed by atoms with Crippen LogP contribution in [0.3, 0.4) is 0 Å². The highest BCUT2D eigenvalue weighted by Gasteiger charge is 2.20. The fourth-order valence-corrected chi connectivity index (χ4v) is 7.17. The number of benzene rings is 8. The van der Waals surface area contributed by atoms with Gasteiger partial charge < -0.3 is 13.7 Å². The van der Waals surface area contributed by atoms with Crippen LogP contribution in [0.15, 0.2) is 173 Å². The fraction of sp³-hybridized carbons (Fsp3) is 0. The van der Waals surface area contributed by atoms with E-state index >= 15 is 0 Å². The van der Waals surface area contributed by atoms with Crippen molar-refractivity contribution in [1.29, 1.82) is 0 Å². The Bertz CT molecular complexity index is 2790. The molecule has 0 saturated heterocycles. The zero-order valence-corrected chi connectivity index (χ0v) is 25.4. The Kier molecular flexibility index (Phi) is 5.57. The normalized spacial score (nSPS) is 11.8. The highest BCUT2D eigenvalue weighted by molar-refractivity contribution is 6.17. The summed E-state index contributed by atoms with van der Waals surface area (Å²) < 4.78 is 12.8. The first-order chi connectivity index (χ1) is 23.3. The Balaban J connectivity index is 1.22. The summed E-state index contributed by atoms with van der Waals surface area (Å²) in [4.78, 5) is 2.32. The second-order valence-corrected chi connectivity index (χ2v) is 12.1. The van der Waals surface area contributed by atoms with Gasteiger partial charge in [-0.2, -0.15) is 0 Å². The van der Waals surface area contributed by atoms with Crippen molar-refractivity contribution in [2.75, 3.05) is 4.90 Å². The summed E-state index contributed by atoms with van der Waals surface area (Å²) in [6.45, 7) is 0. The third-order valence-electron chi connectivity index (χ3n) is 9.43. The van der Waals surface area contributed by atoms with E-state index in [0.29, 0.717) is 0 Å². The number of rotatable bonds is 4. The average Bonchev–Trinajstić information content (AvgIpc) is 3.70. The molecule has 0 bridgehead atoms. The first kappa shape index (κ1) is 26.0. The molecule has 0 radical (unpaired) electrons. The molecule has 2 heterocycles. The molecule has 0 amide bonds. The number of nitrogens with zero attached hydrogens (tertiary/aromatic N) is 1. The molecule has 0 atom stereocenters. The second-order valence-electron chi connectivity index (χ2n) is 12.1. The van der Waals surface area contributed by atoms with Crippen molar-refractivity contribution < 1.29 is 8.83 Å². The number of para-hydroxylation sites is 3. The summed E-state index contributed by atoms with van der Waals surface area (Å²) in [5.41, 5.74) is 9.05. The fourth-order valence-electron chi connectivity index (χ4n) is 7.17. The van der Waals surface area contributed by atoms with Gasteiger partial charge in [-0.25, -0.2) is 0 Å². The van der Waals surface area contributed by atoms with Crippen LogP contribution in [0, 0.1) is 0 Å². The standard InChI is InChI=1S/C44H27NO2/c1-2-9-28(10-3-1)29-19-22-32(23-20-29)45(40-14-8-13-36-34-11-4-7-16-42(34)47-44(36)40)33-24-21-30-17-18-31-25-43-39(27-38(31)37(30)26-33)35-12-5-6-15-41(35)46-43/h1-27H. The first-order valence-corrected chi connectivity index (χ1v) is 15.9. The van der Waals surface area contributed by atoms with E-state index in [-0.39, 0.29) is 0 Å². The van der Waals surface area contributed by atoms with E-state index in [2.05, 4.69) is 144 Å². The van der Waals surface area contributed by atoms with Crippen molar-refractivity contribution in [3.05, 3.63) is 164 Å². The van der Waals surface area contributed by atoms with Crippen molar-refractivity contribution in [3.8, 4) is 11.1 Å². The lowest BCUT2D eigenvalue weighted by atomic mass is 9.98. The third kappa shape index (κ3) is 4.07. The maximum Gasteiger partial charge on any atom is 0.159 e. The molecule has 0 N–H and O–H groups in total. The molecule has 2 aromatic heterocycles. The van der Waals surface area contributed by atoms with Gasteiger partial charge in [0.15, 0.2) is 5.58 Å². The minimum Gasteiger partial charge on any atom is -0.456 e. The predicted octanol–water partition coefficient (Wildman–Crippen LogP) is 12.9. The molecule has 47 heavy (non-hydrogen) atoms. The van der Waals surface area contributed by atoms with Crippen LogP contribution in [-0.2, 0) is 0 Å². The lowest BCUT2D eigenvalue weighted by Crippen LogP contribution is -2.10. The number of fused-ring (bicyclic) bond motifs is 9. The highest BCUT2D eigenvalue weighted by atomic mass is 16.3. The monoisotopic (exact) mass is 601 g/mol. The zero-order chi connectivity index (χ0) is 30.9. The molecular formula is C44H27NO2. The molecule has 3 nitrogen and oxygen atoms in total. The van der Waals surface area contributed by atoms with Crippen LogP contribution in [0.4, 0.5) is 17.1 Å². The summed E-state index contributed by atoms with van der Waals surface area (Å²) in [5.74, 6) is 0. The number of anilines is 3. The van der Waals surface area contributed by atoms with E-state index in [9.17, 15) is 0 Å². The maximum atomic E-state index is 6.59. The highest BCUT2D eigenvalue weighted by Crippen LogP contribution is 2.44. The van der Waals surface area contributed by atoms with Crippen LogP contribution in [0.2, 0.25) is 0 Å². The largest absolute Gasteiger partial charge is 0.456 e. The van der Waals surface area contributed by atoms with Gasteiger partial charge in [0.05, 0.1) is 5.69 Å². The second kappa shape index (κ2) is 10.1. The summed E-state index contributed by atoms with van der Waals surface area (Å²) in [7, 11) is 0. The Morgan fingerprint density at radius 2 is 0.957 bits per heavy atom. The lowest BCUT2D eigenvalue weighted by Gasteiger charge is -2.26. The lowest BCUT2D eigenvalue weighted by molar-refractivity contribution is 0.669. The van der Waals surface area contributed by atoms with Gasteiger partial charge in [0.1, 0.15) is 16.7 Å². The molecule has 3 heteroatoms. The molecule has 0 aliphatic rings. The molecule has 8 aromatic carbocycles. The van der Waals surface area contributed by atoms with Crippen LogP contribution in [0.1, 0.15) is 0 Å². The van der Waals surface area contributed by atoms with Gasteiger partial charge in [0.25, 0.3) is 0 Å². The van der Waals surface area contributed by atoms with Gasteiger partial charge in [0, 0.05) is 32.9 Å². The Morgan fingerprint density at radius 1 is 0.340 bits per heavy atom. The van der Waals surface area contributed by atoms with Gasteiger partial charge in [-0.15, -0.1) is 0 Å². The quantitative estimate of drug-likeness (QED) is 0.188. The molecule has 0 fully saturated rings. The number of furan rings is 2. The molecule has 220 valence electrons. The van der Waals surface area contributed by atoms with E-state index in [1.54, 1.807) is 0 Å². The molecule has 10 aromatic rings. The molecule has 0 saturated carbocycles. The van der Waals surface area contributed by atoms with Crippen molar-refractivity contribution in [3.63, 3.8) is 0 Å². The molecule has 0 aliphatic carbocycles. The average molecular weight is 602 g/mol. The van der Waals surface area contributed by atoms with Crippen LogP contribution in [-0.4, -0.2) is 0 Å². The number of hydrogen-bond donors (Lipinski definition) is 0. The SMILES string of the molecule is c1ccc(-c2ccc(N(c3ccc4ccc5cc6oc7ccccc7c6cc5c4c3)c3cccc4c3oc3ccccc34)cc2)cc1. The van der Waals surface area contributed by atoms with Crippen LogP contribution in [0.5, 0.6) is 0 Å². The first-order valence-electron chi connectivity index (χ1n) is 15.9. The van der Waals surface area contributed by atoms with E-state index < -0.39 is 0 Å². The topological polar surface area (TPSA) is 29.5 Å². The summed E-state index contributed by atoms with van der Waals surface area (Å²) in [5, 5.41) is 9.21. The minimum atomic E-state index is 0.866. The predicted molar refractivity (Wildman–Crippen MR) is 196 cm³/mol. The van der Waals surface area contributed by atoms with Gasteiger partial charge in [-0.05, 0) is 87.3 Å². The molecule has 0 spiro atoms. The van der Waals surface area contributed by atoms with Crippen LogP contribution >= 0.6 is 0 Å². The molecule has 0 unspecified atom stereocenters. The molecular weight excluding hydrogens is 574 g/mol. The number of hydrogen-bond acceptors (Lipinski definition) is 3. The van der Waals surface area contributed by atoms with Crippen molar-refractivity contribution in [2.45, 2.75) is 0 Å². The third-order valence-corrected chi connectivity index (χ3v) is 9.43. The van der Waals surface area contributed by atoms with Gasteiger partial charge in [-0.1, -0.05) is 109 Å².